The number of allylic oxidation sites excluding steroid dienone is 2. The summed E-state index contributed by atoms with van der Waals surface area (Å²) in [6.07, 6.45) is 6.86. The summed E-state index contributed by atoms with van der Waals surface area (Å²) in [5.74, 6) is 1.19. The minimum Gasteiger partial charge on any atom is -0.512 e. The Morgan fingerprint density at radius 2 is 1.45 bits per heavy atom. The molecule has 3 aromatic heterocycles. The fourth-order valence-electron chi connectivity index (χ4n) is 7.60. The molecule has 0 unspecified atom stereocenters. The van der Waals surface area contributed by atoms with Crippen LogP contribution in [0, 0.1) is 52.4 Å². The van der Waals surface area contributed by atoms with Gasteiger partial charge in [-0.3, -0.25) is 4.79 Å². The average molecular weight is 945 g/mol. The second kappa shape index (κ2) is 18.1. The van der Waals surface area contributed by atoms with Gasteiger partial charge in [-0.05, 0) is 62.6 Å². The molecule has 7 aromatic rings. The number of furan rings is 1. The van der Waals surface area contributed by atoms with E-state index in [1.165, 1.54) is 17.4 Å². The molecule has 0 atom stereocenters. The number of halogens is 1. The molecule has 0 saturated heterocycles. The van der Waals surface area contributed by atoms with Gasteiger partial charge in [0, 0.05) is 77.2 Å². The minimum atomic E-state index is -0.205. The fourth-order valence-corrected chi connectivity index (χ4v) is 8.90. The summed E-state index contributed by atoms with van der Waals surface area (Å²) < 4.78 is 25.9. The first-order chi connectivity index (χ1) is 26.4. The number of nitrogens with zero attached hydrogens (tertiary/aromatic N) is 1. The van der Waals surface area contributed by atoms with E-state index in [9.17, 15) is 9.90 Å². The molecule has 3 heterocycles. The number of ketones is 1. The molecule has 293 valence electrons. The van der Waals surface area contributed by atoms with E-state index in [-0.39, 0.29) is 49.3 Å². The number of benzene rings is 4. The second-order valence-electron chi connectivity index (χ2n) is 14.5. The number of rotatable bonds is 10. The zero-order valence-corrected chi connectivity index (χ0v) is 36.6. The van der Waals surface area contributed by atoms with Gasteiger partial charge in [0.05, 0.1) is 22.3 Å². The number of para-hydroxylation sites is 1. The number of aromatic nitrogens is 1. The van der Waals surface area contributed by atoms with Gasteiger partial charge in [-0.15, -0.1) is 29.0 Å². The van der Waals surface area contributed by atoms with Crippen LogP contribution in [0.5, 0.6) is 0 Å². The third-order valence-corrected chi connectivity index (χ3v) is 12.2. The third kappa shape index (κ3) is 8.23. The van der Waals surface area contributed by atoms with Crippen LogP contribution in [0.2, 0.25) is 0 Å². The summed E-state index contributed by atoms with van der Waals surface area (Å²) in [7, 11) is 4.25. The van der Waals surface area contributed by atoms with Crippen LogP contribution in [-0.2, 0) is 24.9 Å². The Morgan fingerprint density at radius 3 is 2.09 bits per heavy atom. The minimum absolute atomic E-state index is 0. The van der Waals surface area contributed by atoms with Crippen molar-refractivity contribution < 1.29 is 43.4 Å². The van der Waals surface area contributed by atoms with E-state index in [2.05, 4.69) is 52.9 Å². The number of aryl methyl sites for hydroxylation is 3. The number of pyridine rings is 1. The maximum atomic E-state index is 16.2. The van der Waals surface area contributed by atoms with Crippen molar-refractivity contribution in [3.63, 3.8) is 0 Å². The molecule has 1 radical (unpaired) electrons. The number of hydrogen-bond acceptors (Lipinski definition) is 4. The van der Waals surface area contributed by atoms with Gasteiger partial charge in [0.1, 0.15) is 17.2 Å². The van der Waals surface area contributed by atoms with Crippen molar-refractivity contribution in [2.75, 3.05) is 0 Å². The number of carbonyl (C=O) groups is 1. The van der Waals surface area contributed by atoms with Crippen molar-refractivity contribution in [1.82, 2.24) is 0 Å². The van der Waals surface area contributed by atoms with Crippen LogP contribution in [0.15, 0.2) is 101 Å². The summed E-state index contributed by atoms with van der Waals surface area (Å²) in [5.41, 5.74) is 9.61. The molecule has 0 aliphatic heterocycles. The number of hydrogen-bond donors (Lipinski definition) is 1. The quantitative estimate of drug-likeness (QED) is 0.0643. The van der Waals surface area contributed by atoms with E-state index < -0.39 is 0 Å². The SMILES string of the molecule is CCC(CC)C(=O)/C=C(\O)C(CC)CC.[CH2-]c1c(C)cc(C)cc1-c1c2sc3c(F)c(-c4ccc(-c5oc6ccccc6c5C)cc4)ccc3c2cc[n+]1[CH2-].[Ir]. The molecule has 1 N–H and O–H groups in total. The summed E-state index contributed by atoms with van der Waals surface area (Å²) in [4.78, 5) is 11.7. The third-order valence-electron chi connectivity index (χ3n) is 11.0. The molecule has 0 spiro atoms. The van der Waals surface area contributed by atoms with E-state index >= 15 is 4.39 Å². The summed E-state index contributed by atoms with van der Waals surface area (Å²) in [6.45, 7) is 18.6. The molecule has 0 aliphatic rings. The van der Waals surface area contributed by atoms with Crippen LogP contribution in [-0.4, -0.2) is 10.9 Å². The van der Waals surface area contributed by atoms with Gasteiger partial charge in [0.15, 0.2) is 5.78 Å². The van der Waals surface area contributed by atoms with E-state index in [4.69, 9.17) is 4.42 Å². The van der Waals surface area contributed by atoms with Gasteiger partial charge in [0.25, 0.3) is 0 Å². The van der Waals surface area contributed by atoms with Crippen LogP contribution < -0.4 is 4.57 Å². The zero-order chi connectivity index (χ0) is 39.6. The maximum Gasteiger partial charge on any atom is 0.162 e. The van der Waals surface area contributed by atoms with E-state index in [0.29, 0.717) is 10.3 Å². The molecule has 0 aliphatic carbocycles. The van der Waals surface area contributed by atoms with Gasteiger partial charge in [-0.1, -0.05) is 94.8 Å². The van der Waals surface area contributed by atoms with Gasteiger partial charge < -0.3 is 14.1 Å². The predicted octanol–water partition coefficient (Wildman–Crippen LogP) is 13.8. The van der Waals surface area contributed by atoms with Gasteiger partial charge in [0.2, 0.25) is 0 Å². The van der Waals surface area contributed by atoms with Crippen molar-refractivity contribution >= 4 is 48.3 Å². The van der Waals surface area contributed by atoms with E-state index in [0.717, 1.165) is 103 Å². The largest absolute Gasteiger partial charge is 0.512 e. The Morgan fingerprint density at radius 1 is 0.821 bits per heavy atom. The normalized spacial score (nSPS) is 11.7. The van der Waals surface area contributed by atoms with Crippen LogP contribution in [0.25, 0.3) is 64.8 Å². The average Bonchev–Trinajstić information content (AvgIpc) is 3.73. The Bertz CT molecular complexity index is 2540. The first kappa shape index (κ1) is 42.5. The van der Waals surface area contributed by atoms with Gasteiger partial charge >= 0.3 is 0 Å². The predicted molar refractivity (Wildman–Crippen MR) is 229 cm³/mol. The van der Waals surface area contributed by atoms with Crippen molar-refractivity contribution in [3.05, 3.63) is 139 Å². The number of thiophene rings is 1. The standard InChI is InChI=1S/C36H27FNOS.C13H24O2.Ir/c1-20-18-21(2)22(3)30(19-20)33-36-29(16-17-38(33)5)28-15-14-27(32(37)35(28)40-36)24-10-12-25(13-11-24)34-23(4)26-8-6-7-9-31(26)39-34;1-5-10(6-2)12(14)9-13(15)11(7-3)8-4;/h6-19H,3,5H2,1-2,4H3;9-11,14H,5-8H2,1-4H3;/q-1;;/b;12-9-;. The molecule has 4 nitrogen and oxygen atoms in total. The maximum absolute atomic E-state index is 16.2. The molecule has 0 saturated carbocycles. The summed E-state index contributed by atoms with van der Waals surface area (Å²) in [6, 6.07) is 26.2. The molecular formula is C49H51FIrNO3S-. The number of fused-ring (bicyclic) bond motifs is 4. The van der Waals surface area contributed by atoms with Crippen molar-refractivity contribution in [2.45, 2.75) is 74.1 Å². The second-order valence-corrected chi connectivity index (χ2v) is 15.5. The Kier molecular flexibility index (Phi) is 13.7. The van der Waals surface area contributed by atoms with Crippen LogP contribution in [0.3, 0.4) is 0 Å². The molecular weight excluding hydrogens is 894 g/mol. The van der Waals surface area contributed by atoms with Crippen molar-refractivity contribution in [1.29, 1.82) is 0 Å². The van der Waals surface area contributed by atoms with Crippen LogP contribution in [0.1, 0.15) is 75.6 Å². The monoisotopic (exact) mass is 945 g/mol. The Balaban J connectivity index is 0.000000322. The van der Waals surface area contributed by atoms with E-state index in [1.54, 1.807) is 0 Å². The topological polar surface area (TPSA) is 54.3 Å². The molecule has 56 heavy (non-hydrogen) atoms. The molecule has 4 aromatic carbocycles. The number of carbonyl (C=O) groups excluding carboxylic acids is 1. The molecule has 0 bridgehead atoms. The molecule has 7 heteroatoms. The van der Waals surface area contributed by atoms with Gasteiger partial charge in [-0.2, -0.15) is 18.1 Å². The van der Waals surface area contributed by atoms with E-state index in [1.807, 2.05) is 99.1 Å². The first-order valence-corrected chi connectivity index (χ1v) is 20.1. The fraction of sp³-hybridized carbons (Fsp3) is 0.265. The van der Waals surface area contributed by atoms with Gasteiger partial charge in [-0.25, -0.2) is 4.39 Å². The molecule has 0 fully saturated rings. The smallest absolute Gasteiger partial charge is 0.162 e. The van der Waals surface area contributed by atoms with Crippen molar-refractivity contribution in [3.8, 4) is 33.7 Å². The summed E-state index contributed by atoms with van der Waals surface area (Å²) >= 11 is 1.48. The molecule has 0 amide bonds. The van der Waals surface area contributed by atoms with Crippen LogP contribution >= 0.6 is 11.3 Å². The summed E-state index contributed by atoms with van der Waals surface area (Å²) in [5, 5.41) is 12.8. The molecule has 7 rings (SSSR count). The Labute approximate surface area is 348 Å². The van der Waals surface area contributed by atoms with Crippen molar-refractivity contribution in [2.24, 2.45) is 11.8 Å². The number of aliphatic hydroxyl groups excluding tert-OH is 1. The van der Waals surface area contributed by atoms with Crippen LogP contribution in [0.4, 0.5) is 4.39 Å². The Hall–Kier alpha value is -4.68. The first-order valence-electron chi connectivity index (χ1n) is 19.3. The zero-order valence-electron chi connectivity index (χ0n) is 33.4. The number of aliphatic hydroxyl groups is 1.